The fourth-order valence-corrected chi connectivity index (χ4v) is 2.12. The van der Waals surface area contributed by atoms with Crippen molar-refractivity contribution in [3.05, 3.63) is 36.7 Å². The molecule has 0 N–H and O–H groups in total. The molecule has 2 nitrogen and oxygen atoms in total. The van der Waals surface area contributed by atoms with Crippen molar-refractivity contribution in [2.75, 3.05) is 0 Å². The molecule has 0 aromatic carbocycles. The number of hydrogen-bond donors (Lipinski definition) is 0. The molecule has 1 aromatic heterocycles. The van der Waals surface area contributed by atoms with E-state index in [4.69, 9.17) is 11.8 Å². The van der Waals surface area contributed by atoms with E-state index in [1.807, 2.05) is 0 Å². The first-order chi connectivity index (χ1) is 9.36. The van der Waals surface area contributed by atoms with E-state index in [1.165, 1.54) is 57.1 Å². The zero-order valence-corrected chi connectivity index (χ0v) is 12.6. The van der Waals surface area contributed by atoms with Gasteiger partial charge in [0.25, 0.3) is 0 Å². The first-order valence-corrected chi connectivity index (χ1v) is 7.57. The molecule has 1 aromatic rings. The standard InChI is InChI=1S/C16H28N.CN/c1-3-5-6-7-8-9-10-13-17-14-11-16(4-2)12-15-17;1-2/h11-12,14-15H,3-10,13H2,1-2H3;/q+1;-1. The summed E-state index contributed by atoms with van der Waals surface area (Å²) in [5.74, 6) is 0. The Bertz CT molecular complexity index is 314. The zero-order chi connectivity index (χ0) is 14.3. The summed E-state index contributed by atoms with van der Waals surface area (Å²) in [4.78, 5) is 0. The third kappa shape index (κ3) is 9.25. The van der Waals surface area contributed by atoms with Crippen molar-refractivity contribution in [1.82, 2.24) is 0 Å². The summed E-state index contributed by atoms with van der Waals surface area (Å²) in [7, 11) is 0. The minimum Gasteiger partial charge on any atom is -0.512 e. The summed E-state index contributed by atoms with van der Waals surface area (Å²) < 4.78 is 2.31. The lowest BCUT2D eigenvalue weighted by Gasteiger charge is -2.00. The van der Waals surface area contributed by atoms with Gasteiger partial charge in [0, 0.05) is 18.6 Å². The first kappa shape index (κ1) is 17.6. The third-order valence-corrected chi connectivity index (χ3v) is 3.39. The Morgan fingerprint density at radius 3 is 1.95 bits per heavy atom. The maximum atomic E-state index is 6.25. The van der Waals surface area contributed by atoms with Crippen molar-refractivity contribution in [3.63, 3.8) is 0 Å². The van der Waals surface area contributed by atoms with Crippen molar-refractivity contribution in [2.45, 2.75) is 71.8 Å². The Kier molecular flexibility index (Phi) is 12.1. The molecular weight excluding hydrogens is 232 g/mol. The summed E-state index contributed by atoms with van der Waals surface area (Å²) in [6, 6.07) is 4.47. The number of unbranched alkanes of at least 4 members (excludes halogenated alkanes) is 6. The second-order valence-corrected chi connectivity index (χ2v) is 4.92. The van der Waals surface area contributed by atoms with Crippen LogP contribution in [0.4, 0.5) is 0 Å². The number of nitrogens with zero attached hydrogens (tertiary/aromatic N) is 2. The van der Waals surface area contributed by atoms with Gasteiger partial charge in [-0.2, -0.15) is 0 Å². The van der Waals surface area contributed by atoms with Gasteiger partial charge in [-0.25, -0.2) is 4.57 Å². The molecule has 0 aliphatic carbocycles. The Balaban J connectivity index is 0.00000154. The lowest BCUT2D eigenvalue weighted by Crippen LogP contribution is -2.32. The van der Waals surface area contributed by atoms with E-state index in [2.05, 4.69) is 42.9 Å². The summed E-state index contributed by atoms with van der Waals surface area (Å²) in [5.41, 5.74) is 1.43. The Morgan fingerprint density at radius 1 is 0.895 bits per heavy atom. The van der Waals surface area contributed by atoms with Crippen LogP contribution in [-0.4, -0.2) is 0 Å². The van der Waals surface area contributed by atoms with Crippen LogP contribution < -0.4 is 4.57 Å². The van der Waals surface area contributed by atoms with E-state index >= 15 is 0 Å². The highest BCUT2D eigenvalue weighted by Gasteiger charge is 1.99. The van der Waals surface area contributed by atoms with Crippen LogP contribution in [0.5, 0.6) is 0 Å². The molecule has 0 aliphatic heterocycles. The second-order valence-electron chi connectivity index (χ2n) is 4.92. The summed E-state index contributed by atoms with van der Waals surface area (Å²) in [5, 5.41) is 6.25. The molecule has 0 unspecified atom stereocenters. The highest BCUT2D eigenvalue weighted by molar-refractivity contribution is 5.06. The maximum Gasteiger partial charge on any atom is 0.169 e. The van der Waals surface area contributed by atoms with Crippen LogP contribution in [0.25, 0.3) is 0 Å². The van der Waals surface area contributed by atoms with E-state index in [9.17, 15) is 0 Å². The minimum absolute atomic E-state index is 1.14. The van der Waals surface area contributed by atoms with Crippen LogP contribution in [0.2, 0.25) is 0 Å². The van der Waals surface area contributed by atoms with Crippen molar-refractivity contribution >= 4 is 0 Å². The van der Waals surface area contributed by atoms with E-state index in [0.29, 0.717) is 0 Å². The Morgan fingerprint density at radius 2 is 1.42 bits per heavy atom. The molecule has 1 rings (SSSR count). The fraction of sp³-hybridized carbons (Fsp3) is 0.647. The van der Waals surface area contributed by atoms with Crippen LogP contribution in [0.3, 0.4) is 0 Å². The van der Waals surface area contributed by atoms with Gasteiger partial charge in [0.2, 0.25) is 0 Å². The van der Waals surface area contributed by atoms with Gasteiger partial charge in [-0.3, -0.25) is 0 Å². The number of rotatable bonds is 9. The lowest BCUT2D eigenvalue weighted by molar-refractivity contribution is -0.697. The molecule has 0 aliphatic rings. The molecule has 0 atom stereocenters. The van der Waals surface area contributed by atoms with Gasteiger partial charge in [0.1, 0.15) is 6.54 Å². The summed E-state index contributed by atoms with van der Waals surface area (Å²) in [6.45, 7) is 10.4. The fourth-order valence-electron chi connectivity index (χ4n) is 2.12. The molecule has 1 heterocycles. The number of aromatic nitrogens is 1. The molecule has 0 spiro atoms. The van der Waals surface area contributed by atoms with E-state index in [-0.39, 0.29) is 0 Å². The first-order valence-electron chi connectivity index (χ1n) is 7.57. The van der Waals surface area contributed by atoms with Crippen molar-refractivity contribution < 1.29 is 4.57 Å². The molecule has 106 valence electrons. The smallest absolute Gasteiger partial charge is 0.169 e. The van der Waals surface area contributed by atoms with Crippen molar-refractivity contribution in [3.8, 4) is 0 Å². The SMILES string of the molecule is CCCCCCCCC[n+]1ccc(CC)cc1.[C-]#N. The Hall–Kier alpha value is -1.36. The summed E-state index contributed by atoms with van der Waals surface area (Å²) >= 11 is 0. The molecule has 19 heavy (non-hydrogen) atoms. The molecular formula is C17H28N2. The zero-order valence-electron chi connectivity index (χ0n) is 12.6. The Labute approximate surface area is 119 Å². The quantitative estimate of drug-likeness (QED) is 0.368. The molecule has 0 amide bonds. The van der Waals surface area contributed by atoms with Crippen LogP contribution in [-0.2, 0) is 13.0 Å². The molecule has 0 saturated carbocycles. The number of hydrogen-bond acceptors (Lipinski definition) is 1. The summed E-state index contributed by atoms with van der Waals surface area (Å²) in [6.07, 6.45) is 15.3. The largest absolute Gasteiger partial charge is 0.512 e. The highest BCUT2D eigenvalue weighted by Crippen LogP contribution is 2.06. The van der Waals surface area contributed by atoms with Crippen LogP contribution in [0.1, 0.15) is 64.4 Å². The van der Waals surface area contributed by atoms with Gasteiger partial charge in [-0.05, 0) is 18.4 Å². The maximum absolute atomic E-state index is 6.25. The van der Waals surface area contributed by atoms with Crippen LogP contribution in [0, 0.1) is 11.8 Å². The van der Waals surface area contributed by atoms with Crippen LogP contribution in [0.15, 0.2) is 24.5 Å². The predicted molar refractivity (Wildman–Crippen MR) is 79.0 cm³/mol. The van der Waals surface area contributed by atoms with E-state index in [1.54, 1.807) is 0 Å². The topological polar surface area (TPSA) is 27.7 Å². The average Bonchev–Trinajstić information content (AvgIpc) is 2.49. The second kappa shape index (κ2) is 13.1. The number of pyridine rings is 1. The minimum atomic E-state index is 1.14. The van der Waals surface area contributed by atoms with Crippen LogP contribution >= 0.6 is 0 Å². The molecule has 0 radical (unpaired) electrons. The van der Waals surface area contributed by atoms with E-state index < -0.39 is 0 Å². The van der Waals surface area contributed by atoms with Gasteiger partial charge in [0.15, 0.2) is 12.4 Å². The lowest BCUT2D eigenvalue weighted by atomic mass is 10.1. The average molecular weight is 260 g/mol. The normalized spacial score (nSPS) is 9.68. The molecule has 0 saturated heterocycles. The van der Waals surface area contributed by atoms with Gasteiger partial charge in [0.05, 0.1) is 0 Å². The molecule has 2 heteroatoms. The number of aryl methyl sites for hydroxylation is 2. The monoisotopic (exact) mass is 260 g/mol. The van der Waals surface area contributed by atoms with Crippen molar-refractivity contribution in [2.24, 2.45) is 0 Å². The predicted octanol–water partition coefficient (Wildman–Crippen LogP) is 4.38. The third-order valence-electron chi connectivity index (χ3n) is 3.39. The molecule has 0 fully saturated rings. The van der Waals surface area contributed by atoms with Crippen molar-refractivity contribution in [1.29, 1.82) is 5.26 Å². The van der Waals surface area contributed by atoms with Gasteiger partial charge in [-0.15, -0.1) is 0 Å². The van der Waals surface area contributed by atoms with E-state index in [0.717, 1.165) is 6.42 Å². The molecule has 0 bridgehead atoms. The highest BCUT2D eigenvalue weighted by atomic mass is 14.9. The van der Waals surface area contributed by atoms with Gasteiger partial charge < -0.3 is 11.8 Å². The van der Waals surface area contributed by atoms with Gasteiger partial charge >= 0.3 is 0 Å². The van der Waals surface area contributed by atoms with Gasteiger partial charge in [-0.1, -0.05) is 46.0 Å².